The molecule has 3 aromatic rings. The van der Waals surface area contributed by atoms with Crippen LogP contribution in [0, 0.1) is 0 Å². The van der Waals surface area contributed by atoms with E-state index in [9.17, 15) is 9.59 Å². The fourth-order valence-corrected chi connectivity index (χ4v) is 3.17. The van der Waals surface area contributed by atoms with Crippen molar-refractivity contribution in [1.29, 1.82) is 0 Å². The first-order valence-electron chi connectivity index (χ1n) is 9.36. The van der Waals surface area contributed by atoms with Crippen LogP contribution in [-0.4, -0.2) is 35.1 Å². The third kappa shape index (κ3) is 4.43. The highest BCUT2D eigenvalue weighted by molar-refractivity contribution is 6.03. The normalized spacial score (nSPS) is 13.3. The number of pyridine rings is 1. The molecule has 8 nitrogen and oxygen atoms in total. The molecule has 2 aromatic heterocycles. The van der Waals surface area contributed by atoms with Gasteiger partial charge in [-0.3, -0.25) is 14.9 Å². The molecular weight excluding hydrogens is 372 g/mol. The summed E-state index contributed by atoms with van der Waals surface area (Å²) in [4.78, 5) is 30.1. The average molecular weight is 392 g/mol. The Morgan fingerprint density at radius 3 is 2.52 bits per heavy atom. The van der Waals surface area contributed by atoms with Crippen LogP contribution in [0.15, 0.2) is 53.2 Å². The van der Waals surface area contributed by atoms with E-state index in [2.05, 4.69) is 20.4 Å². The minimum absolute atomic E-state index is 0.234. The van der Waals surface area contributed by atoms with Gasteiger partial charge in [-0.05, 0) is 49.2 Å². The van der Waals surface area contributed by atoms with E-state index in [-0.39, 0.29) is 11.8 Å². The lowest BCUT2D eigenvalue weighted by molar-refractivity contribution is -0.131. The molecule has 0 bridgehead atoms. The molecule has 1 saturated heterocycles. The fraction of sp³-hybridized carbons (Fsp3) is 0.238. The first kappa shape index (κ1) is 18.7. The summed E-state index contributed by atoms with van der Waals surface area (Å²) in [5.41, 5.74) is 1.80. The zero-order valence-corrected chi connectivity index (χ0v) is 15.9. The number of amides is 1. The van der Waals surface area contributed by atoms with Crippen molar-refractivity contribution in [3.63, 3.8) is 0 Å². The highest BCUT2D eigenvalue weighted by Crippen LogP contribution is 2.24. The van der Waals surface area contributed by atoms with E-state index in [4.69, 9.17) is 9.26 Å². The summed E-state index contributed by atoms with van der Waals surface area (Å²) in [7, 11) is 0. The second-order valence-corrected chi connectivity index (χ2v) is 6.75. The molecule has 1 aromatic carbocycles. The molecule has 29 heavy (non-hydrogen) atoms. The molecule has 0 saturated carbocycles. The number of aromatic nitrogens is 2. The van der Waals surface area contributed by atoms with Crippen molar-refractivity contribution in [1.82, 2.24) is 10.1 Å². The fourth-order valence-electron chi connectivity index (χ4n) is 3.17. The Morgan fingerprint density at radius 1 is 1.10 bits per heavy atom. The Labute approximate surface area is 167 Å². The molecule has 1 aliphatic rings. The topological polar surface area (TPSA) is 97.6 Å². The third-order valence-corrected chi connectivity index (χ3v) is 4.60. The smallest absolute Gasteiger partial charge is 0.308 e. The molecule has 0 aliphatic carbocycles. The number of carbonyl (C=O) groups excluding carboxylic acids is 2. The van der Waals surface area contributed by atoms with Gasteiger partial charge in [0.25, 0.3) is 5.91 Å². The van der Waals surface area contributed by atoms with Gasteiger partial charge in [-0.1, -0.05) is 5.16 Å². The number of nitrogens with zero attached hydrogens (tertiary/aromatic N) is 3. The quantitative estimate of drug-likeness (QED) is 0.524. The number of benzene rings is 1. The molecule has 148 valence electrons. The summed E-state index contributed by atoms with van der Waals surface area (Å²) in [6, 6.07) is 11.8. The zero-order chi connectivity index (χ0) is 20.2. The molecule has 8 heteroatoms. The van der Waals surface area contributed by atoms with Gasteiger partial charge in [0.1, 0.15) is 17.3 Å². The Balaban J connectivity index is 1.41. The molecule has 3 heterocycles. The molecular formula is C21H20N4O4. The summed E-state index contributed by atoms with van der Waals surface area (Å²) in [6.07, 6.45) is 4.15. The van der Waals surface area contributed by atoms with Crippen LogP contribution in [-0.2, 0) is 4.79 Å². The Kier molecular flexibility index (Phi) is 5.24. The number of hydrogen-bond acceptors (Lipinski definition) is 7. The van der Waals surface area contributed by atoms with E-state index < -0.39 is 5.97 Å². The van der Waals surface area contributed by atoms with Crippen LogP contribution in [0.4, 0.5) is 11.7 Å². The van der Waals surface area contributed by atoms with Crippen molar-refractivity contribution in [2.24, 2.45) is 0 Å². The second-order valence-electron chi connectivity index (χ2n) is 6.75. The van der Waals surface area contributed by atoms with E-state index in [1.165, 1.54) is 19.8 Å². The Bertz CT molecular complexity index is 1010. The highest BCUT2D eigenvalue weighted by Gasteiger charge is 2.15. The average Bonchev–Trinajstić information content (AvgIpc) is 3.40. The molecule has 0 atom stereocenters. The molecule has 0 radical (unpaired) electrons. The van der Waals surface area contributed by atoms with Crippen LogP contribution in [0.25, 0.3) is 11.3 Å². The molecule has 1 N–H and O–H groups in total. The number of carbonyl (C=O) groups is 2. The monoisotopic (exact) mass is 392 g/mol. The molecule has 0 unspecified atom stereocenters. The van der Waals surface area contributed by atoms with Gasteiger partial charge in [-0.25, -0.2) is 4.98 Å². The minimum Gasteiger partial charge on any atom is -0.427 e. The van der Waals surface area contributed by atoms with Gasteiger partial charge in [0.05, 0.1) is 0 Å². The predicted molar refractivity (Wildman–Crippen MR) is 107 cm³/mol. The summed E-state index contributed by atoms with van der Waals surface area (Å²) in [5.74, 6) is 0.794. The third-order valence-electron chi connectivity index (χ3n) is 4.60. The summed E-state index contributed by atoms with van der Waals surface area (Å²) in [6.45, 7) is 3.39. The first-order chi connectivity index (χ1) is 14.1. The summed E-state index contributed by atoms with van der Waals surface area (Å²) < 4.78 is 10.2. The van der Waals surface area contributed by atoms with Crippen molar-refractivity contribution in [3.8, 4) is 17.0 Å². The van der Waals surface area contributed by atoms with Crippen LogP contribution in [0.3, 0.4) is 0 Å². The predicted octanol–water partition coefficient (Wildman–Crippen LogP) is 3.51. The van der Waals surface area contributed by atoms with E-state index in [1.807, 2.05) is 12.1 Å². The minimum atomic E-state index is -0.417. The Hall–Kier alpha value is -3.68. The largest absolute Gasteiger partial charge is 0.427 e. The van der Waals surface area contributed by atoms with E-state index in [1.54, 1.807) is 36.5 Å². The summed E-state index contributed by atoms with van der Waals surface area (Å²) in [5, 5.41) is 6.67. The van der Waals surface area contributed by atoms with Crippen molar-refractivity contribution < 1.29 is 18.8 Å². The zero-order valence-electron chi connectivity index (χ0n) is 15.9. The SMILES string of the molecule is CC(=O)Oc1ccc(C(=O)Nc2cc(-c3ccc(N4CCCC4)nc3)no2)cc1. The van der Waals surface area contributed by atoms with Gasteiger partial charge in [-0.15, -0.1) is 0 Å². The van der Waals surface area contributed by atoms with Gasteiger partial charge in [0.15, 0.2) is 0 Å². The van der Waals surface area contributed by atoms with Crippen molar-refractivity contribution in [2.45, 2.75) is 19.8 Å². The van der Waals surface area contributed by atoms with Gasteiger partial charge in [-0.2, -0.15) is 0 Å². The second kappa shape index (κ2) is 8.14. The molecule has 1 amide bonds. The number of esters is 1. The van der Waals surface area contributed by atoms with Crippen molar-refractivity contribution in [2.75, 3.05) is 23.3 Å². The van der Waals surface area contributed by atoms with E-state index >= 15 is 0 Å². The standard InChI is InChI=1S/C21H20N4O4/c1-14(26)28-17-7-4-15(5-8-17)21(27)23-20-12-18(24-29-20)16-6-9-19(22-13-16)25-10-2-3-11-25/h4-9,12-13H,2-3,10-11H2,1H3,(H,23,27). The highest BCUT2D eigenvalue weighted by atomic mass is 16.5. The number of rotatable bonds is 5. The van der Waals surface area contributed by atoms with Crippen LogP contribution in [0.2, 0.25) is 0 Å². The number of ether oxygens (including phenoxy) is 1. The van der Waals surface area contributed by atoms with E-state index in [0.29, 0.717) is 17.0 Å². The lowest BCUT2D eigenvalue weighted by atomic mass is 10.2. The molecule has 1 aliphatic heterocycles. The van der Waals surface area contributed by atoms with Gasteiger partial charge in [0.2, 0.25) is 5.88 Å². The number of nitrogens with one attached hydrogen (secondary N) is 1. The maximum atomic E-state index is 12.4. The van der Waals surface area contributed by atoms with Gasteiger partial charge >= 0.3 is 5.97 Å². The molecule has 1 fully saturated rings. The van der Waals surface area contributed by atoms with Crippen LogP contribution in [0.1, 0.15) is 30.1 Å². The Morgan fingerprint density at radius 2 is 1.86 bits per heavy atom. The summed E-state index contributed by atoms with van der Waals surface area (Å²) >= 11 is 0. The first-order valence-corrected chi connectivity index (χ1v) is 9.36. The van der Waals surface area contributed by atoms with Gasteiger partial charge in [0, 0.05) is 43.4 Å². The van der Waals surface area contributed by atoms with Crippen LogP contribution >= 0.6 is 0 Å². The number of anilines is 2. The lowest BCUT2D eigenvalue weighted by Crippen LogP contribution is -2.18. The van der Waals surface area contributed by atoms with Crippen molar-refractivity contribution in [3.05, 3.63) is 54.2 Å². The van der Waals surface area contributed by atoms with Crippen molar-refractivity contribution >= 4 is 23.6 Å². The maximum Gasteiger partial charge on any atom is 0.308 e. The van der Waals surface area contributed by atoms with Gasteiger partial charge < -0.3 is 14.2 Å². The van der Waals surface area contributed by atoms with Crippen LogP contribution in [0.5, 0.6) is 5.75 Å². The molecule has 0 spiro atoms. The van der Waals surface area contributed by atoms with Crippen LogP contribution < -0.4 is 15.0 Å². The number of hydrogen-bond donors (Lipinski definition) is 1. The maximum absolute atomic E-state index is 12.4. The molecule has 4 rings (SSSR count). The van der Waals surface area contributed by atoms with E-state index in [0.717, 1.165) is 24.5 Å². The lowest BCUT2D eigenvalue weighted by Gasteiger charge is -2.15.